The van der Waals surface area contributed by atoms with E-state index in [2.05, 4.69) is 11.7 Å². The minimum Gasteiger partial charge on any atom is -0.399 e. The molecule has 0 radical (unpaired) electrons. The number of benzene rings is 1. The molecule has 2 aliphatic rings. The van der Waals surface area contributed by atoms with Gasteiger partial charge in [-0.3, -0.25) is 0 Å². The molecule has 2 fully saturated rings. The van der Waals surface area contributed by atoms with Crippen molar-refractivity contribution in [3.63, 3.8) is 0 Å². The molecule has 3 rings (SSSR count). The molecule has 0 unspecified atom stereocenters. The Morgan fingerprint density at radius 2 is 1.20 bits per heavy atom. The van der Waals surface area contributed by atoms with E-state index in [1.54, 1.807) is 0 Å². The molecular formula is C24H33F5O. The summed E-state index contributed by atoms with van der Waals surface area (Å²) in [5.41, 5.74) is 0.437. The molecule has 6 heteroatoms. The van der Waals surface area contributed by atoms with Crippen LogP contribution in [0.4, 0.5) is 22.0 Å². The summed E-state index contributed by atoms with van der Waals surface area (Å²) in [4.78, 5) is 0. The van der Waals surface area contributed by atoms with Crippen LogP contribution in [0, 0.1) is 29.4 Å². The third-order valence-corrected chi connectivity index (χ3v) is 7.20. The summed E-state index contributed by atoms with van der Waals surface area (Å²) in [5, 5.41) is 0. The van der Waals surface area contributed by atoms with Gasteiger partial charge in [0.1, 0.15) is 0 Å². The zero-order valence-electron chi connectivity index (χ0n) is 17.7. The molecule has 0 aliphatic heterocycles. The summed E-state index contributed by atoms with van der Waals surface area (Å²) in [6.45, 7) is 2.26. The van der Waals surface area contributed by atoms with Crippen LogP contribution in [0.2, 0.25) is 0 Å². The second-order valence-corrected chi connectivity index (χ2v) is 9.33. The molecule has 30 heavy (non-hydrogen) atoms. The Morgan fingerprint density at radius 1 is 0.767 bits per heavy atom. The van der Waals surface area contributed by atoms with E-state index in [1.807, 2.05) is 0 Å². The first kappa shape index (κ1) is 23.3. The van der Waals surface area contributed by atoms with Gasteiger partial charge in [-0.15, -0.1) is 13.2 Å². The monoisotopic (exact) mass is 432 g/mol. The topological polar surface area (TPSA) is 9.23 Å². The van der Waals surface area contributed by atoms with E-state index in [1.165, 1.54) is 51.4 Å². The fourth-order valence-corrected chi connectivity index (χ4v) is 5.50. The number of hydrogen-bond donors (Lipinski definition) is 0. The minimum absolute atomic E-state index is 0.00494. The van der Waals surface area contributed by atoms with Crippen LogP contribution >= 0.6 is 0 Å². The Labute approximate surface area is 176 Å². The number of halogens is 5. The first-order valence-electron chi connectivity index (χ1n) is 11.5. The maximum atomic E-state index is 14.0. The van der Waals surface area contributed by atoms with Crippen LogP contribution in [0.15, 0.2) is 12.1 Å². The predicted octanol–water partition coefficient (Wildman–Crippen LogP) is 8.52. The zero-order chi connectivity index (χ0) is 21.7. The number of ether oxygens (including phenoxy) is 1. The third kappa shape index (κ3) is 6.58. The maximum absolute atomic E-state index is 14.0. The van der Waals surface area contributed by atoms with E-state index < -0.39 is 23.7 Å². The van der Waals surface area contributed by atoms with Gasteiger partial charge >= 0.3 is 6.36 Å². The van der Waals surface area contributed by atoms with Crippen molar-refractivity contribution < 1.29 is 26.7 Å². The van der Waals surface area contributed by atoms with E-state index in [4.69, 9.17) is 0 Å². The van der Waals surface area contributed by atoms with Crippen LogP contribution in [-0.4, -0.2) is 6.36 Å². The summed E-state index contributed by atoms with van der Waals surface area (Å²) in [6.07, 6.45) is 9.15. The van der Waals surface area contributed by atoms with E-state index in [-0.39, 0.29) is 5.92 Å². The molecule has 0 heterocycles. The highest BCUT2D eigenvalue weighted by Crippen LogP contribution is 2.41. The summed E-state index contributed by atoms with van der Waals surface area (Å²) in [6, 6.07) is 2.01. The first-order valence-corrected chi connectivity index (χ1v) is 11.5. The van der Waals surface area contributed by atoms with Crippen molar-refractivity contribution in [1.82, 2.24) is 0 Å². The van der Waals surface area contributed by atoms with Crippen LogP contribution in [-0.2, 0) is 0 Å². The highest BCUT2D eigenvalue weighted by atomic mass is 19.4. The summed E-state index contributed by atoms with van der Waals surface area (Å²) in [5.74, 6) is -1.53. The van der Waals surface area contributed by atoms with Crippen molar-refractivity contribution in [1.29, 1.82) is 0 Å². The van der Waals surface area contributed by atoms with Gasteiger partial charge in [0, 0.05) is 0 Å². The lowest BCUT2D eigenvalue weighted by Gasteiger charge is -2.32. The molecule has 0 bridgehead atoms. The van der Waals surface area contributed by atoms with Gasteiger partial charge in [0.15, 0.2) is 11.6 Å². The van der Waals surface area contributed by atoms with Gasteiger partial charge in [-0.05, 0) is 67.1 Å². The van der Waals surface area contributed by atoms with Crippen molar-refractivity contribution in [3.05, 3.63) is 29.3 Å². The van der Waals surface area contributed by atoms with Crippen molar-refractivity contribution >= 4 is 0 Å². The van der Waals surface area contributed by atoms with Crippen LogP contribution in [0.3, 0.4) is 0 Å². The van der Waals surface area contributed by atoms with Crippen LogP contribution in [0.5, 0.6) is 5.75 Å². The lowest BCUT2D eigenvalue weighted by atomic mass is 9.74. The Bertz CT molecular complexity index is 648. The molecule has 0 spiro atoms. The highest BCUT2D eigenvalue weighted by molar-refractivity contribution is 5.33. The van der Waals surface area contributed by atoms with Gasteiger partial charge in [0.05, 0.1) is 0 Å². The first-order chi connectivity index (χ1) is 14.2. The second-order valence-electron chi connectivity index (χ2n) is 9.33. The van der Waals surface area contributed by atoms with E-state index in [0.29, 0.717) is 11.5 Å². The summed E-state index contributed by atoms with van der Waals surface area (Å²) < 4.78 is 68.4. The number of hydrogen-bond acceptors (Lipinski definition) is 1. The molecular weight excluding hydrogens is 399 g/mol. The van der Waals surface area contributed by atoms with Crippen molar-refractivity contribution in [2.24, 2.45) is 17.8 Å². The molecule has 1 nitrogen and oxygen atoms in total. The third-order valence-electron chi connectivity index (χ3n) is 7.20. The lowest BCUT2D eigenvalue weighted by molar-refractivity contribution is -0.276. The molecule has 170 valence electrons. The van der Waals surface area contributed by atoms with Crippen molar-refractivity contribution in [2.45, 2.75) is 96.3 Å². The normalized spacial score (nSPS) is 27.8. The van der Waals surface area contributed by atoms with Gasteiger partial charge in [0.25, 0.3) is 0 Å². The Hall–Kier alpha value is -1.33. The highest BCUT2D eigenvalue weighted by Gasteiger charge is 2.35. The van der Waals surface area contributed by atoms with Crippen molar-refractivity contribution in [3.8, 4) is 5.75 Å². The maximum Gasteiger partial charge on any atom is 0.573 e. The smallest absolute Gasteiger partial charge is 0.399 e. The summed E-state index contributed by atoms with van der Waals surface area (Å²) in [7, 11) is 0. The van der Waals surface area contributed by atoms with Gasteiger partial charge in [0.2, 0.25) is 5.75 Å². The molecule has 0 saturated heterocycles. The Morgan fingerprint density at radius 3 is 1.63 bits per heavy atom. The largest absolute Gasteiger partial charge is 0.573 e. The lowest BCUT2D eigenvalue weighted by Crippen LogP contribution is -2.20. The molecule has 2 aliphatic carbocycles. The fraction of sp³-hybridized carbons (Fsp3) is 0.750. The number of rotatable bonds is 7. The standard InChI is InChI=1S/C24H33F5O/c1-2-3-16-4-6-17(7-5-16)8-9-18-10-12-19(13-11-18)20-14-21(25)23(22(26)15-20)30-24(27,28)29/h14-19H,2-13H2,1H3. The van der Waals surface area contributed by atoms with E-state index in [9.17, 15) is 22.0 Å². The fourth-order valence-electron chi connectivity index (χ4n) is 5.50. The zero-order valence-corrected chi connectivity index (χ0v) is 17.7. The molecule has 0 N–H and O–H groups in total. The second kappa shape index (κ2) is 10.3. The Balaban J connectivity index is 1.45. The minimum atomic E-state index is -5.11. The van der Waals surface area contributed by atoms with Crippen LogP contribution in [0.25, 0.3) is 0 Å². The van der Waals surface area contributed by atoms with Crippen LogP contribution < -0.4 is 4.74 Å². The molecule has 1 aromatic carbocycles. The average molecular weight is 433 g/mol. The molecule has 0 atom stereocenters. The van der Waals surface area contributed by atoms with Gasteiger partial charge < -0.3 is 4.74 Å². The van der Waals surface area contributed by atoms with Crippen molar-refractivity contribution in [2.75, 3.05) is 0 Å². The SMILES string of the molecule is CCCC1CCC(CCC2CCC(c3cc(F)c(OC(F)(F)F)c(F)c3)CC2)CC1. The Kier molecular flexibility index (Phi) is 8.03. The van der Waals surface area contributed by atoms with Gasteiger partial charge in [-0.25, -0.2) is 8.78 Å². The van der Waals surface area contributed by atoms with Crippen LogP contribution in [0.1, 0.15) is 95.5 Å². The quantitative estimate of drug-likeness (QED) is 0.392. The molecule has 0 amide bonds. The number of alkyl halides is 3. The summed E-state index contributed by atoms with van der Waals surface area (Å²) >= 11 is 0. The van der Waals surface area contributed by atoms with E-state index in [0.717, 1.165) is 49.7 Å². The average Bonchev–Trinajstić information content (AvgIpc) is 2.70. The van der Waals surface area contributed by atoms with E-state index >= 15 is 0 Å². The molecule has 2 saturated carbocycles. The molecule has 0 aromatic heterocycles. The van der Waals surface area contributed by atoms with Gasteiger partial charge in [-0.1, -0.05) is 58.3 Å². The van der Waals surface area contributed by atoms with Gasteiger partial charge in [-0.2, -0.15) is 0 Å². The predicted molar refractivity (Wildman–Crippen MR) is 107 cm³/mol. The molecule has 1 aromatic rings.